The van der Waals surface area contributed by atoms with E-state index < -0.39 is 0 Å². The van der Waals surface area contributed by atoms with Crippen molar-refractivity contribution < 1.29 is 14.4 Å². The Balaban J connectivity index is 2.11. The van der Waals surface area contributed by atoms with Gasteiger partial charge >= 0.3 is 6.03 Å². The van der Waals surface area contributed by atoms with Crippen molar-refractivity contribution in [2.45, 2.75) is 32.6 Å². The molecule has 2 rings (SSSR count). The molecule has 1 N–H and O–H groups in total. The zero-order valence-corrected chi connectivity index (χ0v) is 12.4. The lowest BCUT2D eigenvalue weighted by Gasteiger charge is -2.47. The largest absolute Gasteiger partial charge is 0.331 e. The summed E-state index contributed by atoms with van der Waals surface area (Å²) in [5.41, 5.74) is -0.253. The lowest BCUT2D eigenvalue weighted by molar-refractivity contribution is -0.146. The third-order valence-electron chi connectivity index (χ3n) is 4.65. The van der Waals surface area contributed by atoms with Crippen LogP contribution in [0.5, 0.6) is 0 Å². The number of rotatable bonds is 1. The molecular formula is C14H23N3O3. The maximum absolute atomic E-state index is 12.0. The molecule has 1 unspecified atom stereocenters. The van der Waals surface area contributed by atoms with Crippen LogP contribution in [0.2, 0.25) is 0 Å². The lowest BCUT2D eigenvalue weighted by atomic mass is 9.63. The van der Waals surface area contributed by atoms with E-state index in [1.165, 1.54) is 0 Å². The van der Waals surface area contributed by atoms with Gasteiger partial charge in [0.2, 0.25) is 11.8 Å². The smallest absolute Gasteiger partial charge is 0.319 e. The Labute approximate surface area is 119 Å². The molecule has 0 aromatic rings. The van der Waals surface area contributed by atoms with Crippen molar-refractivity contribution in [3.8, 4) is 0 Å². The first kappa shape index (κ1) is 14.8. The number of amides is 4. The normalized spacial score (nSPS) is 25.6. The van der Waals surface area contributed by atoms with Crippen LogP contribution in [0.4, 0.5) is 4.79 Å². The summed E-state index contributed by atoms with van der Waals surface area (Å²) in [7, 11) is 3.47. The Morgan fingerprint density at radius 3 is 2.45 bits per heavy atom. The lowest BCUT2D eigenvalue weighted by Crippen LogP contribution is -2.57. The van der Waals surface area contributed by atoms with Gasteiger partial charge < -0.3 is 9.80 Å². The summed E-state index contributed by atoms with van der Waals surface area (Å²) in [5, 5.41) is 2.44. The Bertz CT molecular complexity index is 425. The predicted octanol–water partition coefficient (Wildman–Crippen LogP) is 0.823. The van der Waals surface area contributed by atoms with E-state index in [0.717, 1.165) is 19.3 Å². The Morgan fingerprint density at radius 1 is 1.35 bits per heavy atom. The minimum absolute atomic E-state index is 0.000476. The molecule has 0 aliphatic carbocycles. The topological polar surface area (TPSA) is 69.7 Å². The van der Waals surface area contributed by atoms with Gasteiger partial charge in [-0.3, -0.25) is 14.9 Å². The summed E-state index contributed by atoms with van der Waals surface area (Å²) in [5.74, 6) is -0.431. The van der Waals surface area contributed by atoms with Crippen LogP contribution in [-0.4, -0.2) is 54.8 Å². The number of carbonyl (C=O) groups is 3. The average molecular weight is 281 g/mol. The molecule has 0 aromatic carbocycles. The average Bonchev–Trinajstić information content (AvgIpc) is 2.38. The molecule has 0 radical (unpaired) electrons. The first-order valence-electron chi connectivity index (χ1n) is 7.19. The molecule has 2 saturated heterocycles. The molecule has 1 spiro atoms. The van der Waals surface area contributed by atoms with E-state index in [1.807, 2.05) is 6.92 Å². The SMILES string of the molecule is CCC1C(=O)NC(=O)CC12CCN(C(=O)N(C)C)CC2. The summed E-state index contributed by atoms with van der Waals surface area (Å²) >= 11 is 0. The monoisotopic (exact) mass is 281 g/mol. The molecule has 20 heavy (non-hydrogen) atoms. The van der Waals surface area contributed by atoms with Gasteiger partial charge in [0.15, 0.2) is 0 Å². The van der Waals surface area contributed by atoms with Gasteiger partial charge in [-0.05, 0) is 24.7 Å². The van der Waals surface area contributed by atoms with E-state index in [1.54, 1.807) is 23.9 Å². The minimum atomic E-state index is -0.253. The molecule has 0 saturated carbocycles. The van der Waals surface area contributed by atoms with Crippen molar-refractivity contribution in [3.63, 3.8) is 0 Å². The quantitative estimate of drug-likeness (QED) is 0.724. The Hall–Kier alpha value is -1.59. The van der Waals surface area contributed by atoms with E-state index >= 15 is 0 Å². The fourth-order valence-electron chi connectivity index (χ4n) is 3.56. The minimum Gasteiger partial charge on any atom is -0.331 e. The maximum Gasteiger partial charge on any atom is 0.319 e. The zero-order valence-electron chi connectivity index (χ0n) is 12.4. The molecule has 0 bridgehead atoms. The van der Waals surface area contributed by atoms with Crippen LogP contribution in [0.25, 0.3) is 0 Å². The van der Waals surface area contributed by atoms with Crippen molar-refractivity contribution >= 4 is 17.8 Å². The molecule has 2 fully saturated rings. The van der Waals surface area contributed by atoms with Crippen LogP contribution < -0.4 is 5.32 Å². The zero-order chi connectivity index (χ0) is 14.9. The highest BCUT2D eigenvalue weighted by Gasteiger charge is 2.49. The van der Waals surface area contributed by atoms with E-state index in [0.29, 0.717) is 19.5 Å². The second kappa shape index (κ2) is 5.42. The summed E-state index contributed by atoms with van der Waals surface area (Å²) in [6.45, 7) is 3.22. The van der Waals surface area contributed by atoms with E-state index in [2.05, 4.69) is 5.32 Å². The number of nitrogens with zero attached hydrogens (tertiary/aromatic N) is 2. The van der Waals surface area contributed by atoms with E-state index in [-0.39, 0.29) is 29.2 Å². The standard InChI is InChI=1S/C14H23N3O3/c1-4-10-12(19)15-11(18)9-14(10)5-7-17(8-6-14)13(20)16(2)3/h10H,4-9H2,1-3H3,(H,15,18,19). The third kappa shape index (κ3) is 2.51. The molecule has 1 atom stereocenters. The van der Waals surface area contributed by atoms with Gasteiger partial charge in [-0.25, -0.2) is 4.79 Å². The molecule has 6 heteroatoms. The molecule has 6 nitrogen and oxygen atoms in total. The molecule has 4 amide bonds. The Morgan fingerprint density at radius 2 is 1.95 bits per heavy atom. The number of hydrogen-bond acceptors (Lipinski definition) is 3. The fraction of sp³-hybridized carbons (Fsp3) is 0.786. The summed E-state index contributed by atoms with van der Waals surface area (Å²) in [6.07, 6.45) is 2.59. The second-order valence-electron chi connectivity index (χ2n) is 6.08. The highest BCUT2D eigenvalue weighted by atomic mass is 16.2. The number of likely N-dealkylation sites (tertiary alicyclic amines) is 1. The third-order valence-corrected chi connectivity index (χ3v) is 4.65. The van der Waals surface area contributed by atoms with Gasteiger partial charge in [0, 0.05) is 39.5 Å². The first-order valence-corrected chi connectivity index (χ1v) is 7.19. The number of nitrogens with one attached hydrogen (secondary N) is 1. The van der Waals surface area contributed by atoms with Gasteiger partial charge in [0.25, 0.3) is 0 Å². The molecule has 2 aliphatic rings. The summed E-state index contributed by atoms with van der Waals surface area (Å²) < 4.78 is 0. The van der Waals surface area contributed by atoms with E-state index in [9.17, 15) is 14.4 Å². The van der Waals surface area contributed by atoms with Crippen LogP contribution >= 0.6 is 0 Å². The molecule has 2 heterocycles. The van der Waals surface area contributed by atoms with Crippen LogP contribution in [-0.2, 0) is 9.59 Å². The predicted molar refractivity (Wildman–Crippen MR) is 73.9 cm³/mol. The molecular weight excluding hydrogens is 258 g/mol. The molecule has 112 valence electrons. The maximum atomic E-state index is 12.0. The van der Waals surface area contributed by atoms with Gasteiger partial charge in [-0.1, -0.05) is 6.92 Å². The molecule has 2 aliphatic heterocycles. The molecule has 0 aromatic heterocycles. The number of urea groups is 1. The van der Waals surface area contributed by atoms with Crippen LogP contribution in [0, 0.1) is 11.3 Å². The van der Waals surface area contributed by atoms with Crippen LogP contribution in [0.3, 0.4) is 0 Å². The number of carbonyl (C=O) groups excluding carboxylic acids is 3. The van der Waals surface area contributed by atoms with Crippen molar-refractivity contribution in [3.05, 3.63) is 0 Å². The van der Waals surface area contributed by atoms with Gasteiger partial charge in [0.05, 0.1) is 0 Å². The second-order valence-corrected chi connectivity index (χ2v) is 6.08. The van der Waals surface area contributed by atoms with Gasteiger partial charge in [0.1, 0.15) is 0 Å². The van der Waals surface area contributed by atoms with Gasteiger partial charge in [-0.15, -0.1) is 0 Å². The van der Waals surface area contributed by atoms with Crippen molar-refractivity contribution in [1.29, 1.82) is 0 Å². The summed E-state index contributed by atoms with van der Waals surface area (Å²) in [4.78, 5) is 39.0. The van der Waals surface area contributed by atoms with Crippen molar-refractivity contribution in [2.24, 2.45) is 11.3 Å². The first-order chi connectivity index (χ1) is 9.39. The van der Waals surface area contributed by atoms with Crippen molar-refractivity contribution in [2.75, 3.05) is 27.2 Å². The van der Waals surface area contributed by atoms with Gasteiger partial charge in [-0.2, -0.15) is 0 Å². The van der Waals surface area contributed by atoms with Crippen molar-refractivity contribution in [1.82, 2.24) is 15.1 Å². The van der Waals surface area contributed by atoms with Crippen LogP contribution in [0.15, 0.2) is 0 Å². The van der Waals surface area contributed by atoms with E-state index in [4.69, 9.17) is 0 Å². The summed E-state index contributed by atoms with van der Waals surface area (Å²) in [6, 6.07) is -0.000476. The fourth-order valence-corrected chi connectivity index (χ4v) is 3.56. The highest BCUT2D eigenvalue weighted by molar-refractivity contribution is 5.99. The Kier molecular flexibility index (Phi) is 4.01. The number of piperidine rings is 2. The number of imide groups is 1. The number of hydrogen-bond donors (Lipinski definition) is 1. The highest BCUT2D eigenvalue weighted by Crippen LogP contribution is 2.45. The van der Waals surface area contributed by atoms with Crippen LogP contribution in [0.1, 0.15) is 32.6 Å².